The Hall–Kier alpha value is -2.86. The Labute approximate surface area is 179 Å². The van der Waals surface area contributed by atoms with Crippen LogP contribution in [-0.4, -0.2) is 49.0 Å². The molecule has 0 aliphatic carbocycles. The number of aryl methyl sites for hydroxylation is 2. The smallest absolute Gasteiger partial charge is 0.265 e. The van der Waals surface area contributed by atoms with E-state index in [1.165, 1.54) is 0 Å². The molecule has 0 aromatic heterocycles. The molecule has 1 unspecified atom stereocenters. The number of carbonyl (C=O) groups excluding carboxylic acids is 2. The van der Waals surface area contributed by atoms with Gasteiger partial charge in [0.1, 0.15) is 5.75 Å². The van der Waals surface area contributed by atoms with Crippen molar-refractivity contribution < 1.29 is 14.3 Å². The Morgan fingerprint density at radius 3 is 2.17 bits per heavy atom. The first-order valence-electron chi connectivity index (χ1n) is 10.5. The predicted octanol–water partition coefficient (Wildman–Crippen LogP) is 3.78. The molecule has 6 nitrogen and oxygen atoms in total. The van der Waals surface area contributed by atoms with Crippen LogP contribution >= 0.6 is 0 Å². The molecule has 0 saturated heterocycles. The van der Waals surface area contributed by atoms with E-state index in [1.54, 1.807) is 31.2 Å². The predicted molar refractivity (Wildman–Crippen MR) is 121 cm³/mol. The topological polar surface area (TPSA) is 70.7 Å². The minimum atomic E-state index is -0.646. The van der Waals surface area contributed by atoms with Gasteiger partial charge < -0.3 is 20.3 Å². The number of benzene rings is 2. The van der Waals surface area contributed by atoms with Crippen molar-refractivity contribution in [2.75, 3.05) is 31.5 Å². The average Bonchev–Trinajstić information content (AvgIpc) is 2.74. The number of nitrogens with zero attached hydrogens (tertiary/aromatic N) is 1. The van der Waals surface area contributed by atoms with Crippen molar-refractivity contribution in [2.24, 2.45) is 0 Å². The molecule has 0 fully saturated rings. The molecule has 6 heteroatoms. The third-order valence-electron chi connectivity index (χ3n) is 5.10. The molecule has 2 amide bonds. The zero-order valence-corrected chi connectivity index (χ0v) is 18.6. The lowest BCUT2D eigenvalue weighted by Gasteiger charge is -2.18. The van der Waals surface area contributed by atoms with Crippen LogP contribution in [0.15, 0.2) is 42.5 Å². The molecule has 162 valence electrons. The van der Waals surface area contributed by atoms with E-state index in [0.29, 0.717) is 17.8 Å². The number of nitrogens with one attached hydrogen (secondary N) is 2. The van der Waals surface area contributed by atoms with Crippen molar-refractivity contribution in [1.29, 1.82) is 0 Å². The maximum absolute atomic E-state index is 12.5. The highest BCUT2D eigenvalue weighted by molar-refractivity contribution is 5.96. The van der Waals surface area contributed by atoms with Gasteiger partial charge in [-0.25, -0.2) is 0 Å². The fraction of sp³-hybridized carbons (Fsp3) is 0.417. The van der Waals surface area contributed by atoms with Gasteiger partial charge in [-0.05, 0) is 69.3 Å². The standard InChI is InChI=1S/C24H33N3O3/c1-6-27(7-2)16-15-25-24(29)20-11-13-21(14-12-20)26-23(28)19(5)30-22-17(3)9-8-10-18(22)4/h8-14,19H,6-7,15-16H2,1-5H3,(H,25,29)(H,26,28). The van der Waals surface area contributed by atoms with Crippen LogP contribution in [0.25, 0.3) is 0 Å². The largest absolute Gasteiger partial charge is 0.480 e. The number of para-hydroxylation sites is 1. The highest BCUT2D eigenvalue weighted by Gasteiger charge is 2.17. The minimum Gasteiger partial charge on any atom is -0.480 e. The second kappa shape index (κ2) is 11.4. The van der Waals surface area contributed by atoms with Crippen molar-refractivity contribution >= 4 is 17.5 Å². The summed E-state index contributed by atoms with van der Waals surface area (Å²) < 4.78 is 5.87. The quantitative estimate of drug-likeness (QED) is 0.624. The molecule has 0 bridgehead atoms. The maximum Gasteiger partial charge on any atom is 0.265 e. The molecule has 0 aliphatic rings. The number of likely N-dealkylation sites (N-methyl/N-ethyl adjacent to an activating group) is 1. The molecular formula is C24H33N3O3. The van der Waals surface area contributed by atoms with Crippen molar-refractivity contribution in [3.63, 3.8) is 0 Å². The molecule has 2 rings (SSSR count). The first kappa shape index (κ1) is 23.4. The van der Waals surface area contributed by atoms with E-state index < -0.39 is 6.10 Å². The Bertz CT molecular complexity index is 825. The van der Waals surface area contributed by atoms with Gasteiger partial charge in [-0.1, -0.05) is 32.0 Å². The molecule has 1 atom stereocenters. The first-order valence-corrected chi connectivity index (χ1v) is 10.5. The van der Waals surface area contributed by atoms with Gasteiger partial charge in [-0.15, -0.1) is 0 Å². The second-order valence-corrected chi connectivity index (χ2v) is 7.33. The van der Waals surface area contributed by atoms with Crippen molar-refractivity contribution in [1.82, 2.24) is 10.2 Å². The summed E-state index contributed by atoms with van der Waals surface area (Å²) in [6.07, 6.45) is -0.646. The Balaban J connectivity index is 1.88. The fourth-order valence-electron chi connectivity index (χ4n) is 3.13. The van der Waals surface area contributed by atoms with E-state index in [-0.39, 0.29) is 11.8 Å². The Morgan fingerprint density at radius 1 is 1.00 bits per heavy atom. The van der Waals surface area contributed by atoms with E-state index in [2.05, 4.69) is 29.4 Å². The van der Waals surface area contributed by atoms with E-state index >= 15 is 0 Å². The first-order chi connectivity index (χ1) is 14.3. The van der Waals surface area contributed by atoms with Gasteiger partial charge in [-0.2, -0.15) is 0 Å². The average molecular weight is 412 g/mol. The number of amides is 2. The van der Waals surface area contributed by atoms with Crippen molar-refractivity contribution in [3.05, 3.63) is 59.2 Å². The molecule has 0 spiro atoms. The van der Waals surface area contributed by atoms with Crippen LogP contribution in [0.3, 0.4) is 0 Å². The molecule has 0 saturated carbocycles. The van der Waals surface area contributed by atoms with Gasteiger partial charge in [0.05, 0.1) is 0 Å². The summed E-state index contributed by atoms with van der Waals surface area (Å²) in [5.74, 6) is 0.373. The maximum atomic E-state index is 12.5. The van der Waals surface area contributed by atoms with Crippen LogP contribution in [0.1, 0.15) is 42.3 Å². The number of carbonyl (C=O) groups is 2. The van der Waals surface area contributed by atoms with Crippen LogP contribution in [0, 0.1) is 13.8 Å². The van der Waals surface area contributed by atoms with Crippen molar-refractivity contribution in [2.45, 2.75) is 40.7 Å². The van der Waals surface area contributed by atoms with Crippen LogP contribution in [-0.2, 0) is 4.79 Å². The molecule has 0 aliphatic heterocycles. The summed E-state index contributed by atoms with van der Waals surface area (Å²) >= 11 is 0. The number of ether oxygens (including phenoxy) is 1. The monoisotopic (exact) mass is 411 g/mol. The molecular weight excluding hydrogens is 378 g/mol. The van der Waals surface area contributed by atoms with E-state index in [1.807, 2.05) is 32.0 Å². The lowest BCUT2D eigenvalue weighted by Crippen LogP contribution is -2.34. The fourth-order valence-corrected chi connectivity index (χ4v) is 3.13. The number of rotatable bonds is 10. The Morgan fingerprint density at radius 2 is 1.60 bits per heavy atom. The second-order valence-electron chi connectivity index (χ2n) is 7.33. The molecule has 2 N–H and O–H groups in total. The molecule has 0 heterocycles. The van der Waals surface area contributed by atoms with Gasteiger partial charge >= 0.3 is 0 Å². The van der Waals surface area contributed by atoms with Gasteiger partial charge in [0.25, 0.3) is 11.8 Å². The lowest BCUT2D eigenvalue weighted by atomic mass is 10.1. The van der Waals surface area contributed by atoms with Gasteiger partial charge in [-0.3, -0.25) is 9.59 Å². The summed E-state index contributed by atoms with van der Waals surface area (Å²) in [6.45, 7) is 13.2. The van der Waals surface area contributed by atoms with Gasteiger partial charge in [0, 0.05) is 24.3 Å². The third kappa shape index (κ3) is 6.59. The van der Waals surface area contributed by atoms with E-state index in [9.17, 15) is 9.59 Å². The van der Waals surface area contributed by atoms with Crippen LogP contribution in [0.2, 0.25) is 0 Å². The van der Waals surface area contributed by atoms with Gasteiger partial charge in [0.15, 0.2) is 6.10 Å². The highest BCUT2D eigenvalue weighted by Crippen LogP contribution is 2.24. The molecule has 2 aromatic carbocycles. The van der Waals surface area contributed by atoms with Crippen LogP contribution < -0.4 is 15.4 Å². The highest BCUT2D eigenvalue weighted by atomic mass is 16.5. The summed E-state index contributed by atoms with van der Waals surface area (Å²) in [5.41, 5.74) is 3.17. The normalized spacial score (nSPS) is 11.8. The van der Waals surface area contributed by atoms with Crippen molar-refractivity contribution in [3.8, 4) is 5.75 Å². The van der Waals surface area contributed by atoms with E-state index in [0.717, 1.165) is 36.5 Å². The molecule has 0 radical (unpaired) electrons. The SMILES string of the molecule is CCN(CC)CCNC(=O)c1ccc(NC(=O)C(C)Oc2c(C)cccc2C)cc1. The number of hydrogen-bond acceptors (Lipinski definition) is 4. The molecule has 2 aromatic rings. The Kier molecular flexibility index (Phi) is 8.87. The van der Waals surface area contributed by atoms with Crippen LogP contribution in [0.5, 0.6) is 5.75 Å². The molecule has 30 heavy (non-hydrogen) atoms. The summed E-state index contributed by atoms with van der Waals surface area (Å²) in [4.78, 5) is 27.0. The van der Waals surface area contributed by atoms with Crippen LogP contribution in [0.4, 0.5) is 5.69 Å². The zero-order chi connectivity index (χ0) is 22.1. The van der Waals surface area contributed by atoms with Gasteiger partial charge in [0.2, 0.25) is 0 Å². The minimum absolute atomic E-state index is 0.119. The number of hydrogen-bond donors (Lipinski definition) is 2. The third-order valence-corrected chi connectivity index (χ3v) is 5.10. The summed E-state index contributed by atoms with van der Waals surface area (Å²) in [6, 6.07) is 12.7. The number of anilines is 1. The lowest BCUT2D eigenvalue weighted by molar-refractivity contribution is -0.122. The summed E-state index contributed by atoms with van der Waals surface area (Å²) in [5, 5.41) is 5.76. The summed E-state index contributed by atoms with van der Waals surface area (Å²) in [7, 11) is 0. The zero-order valence-electron chi connectivity index (χ0n) is 18.6. The van der Waals surface area contributed by atoms with E-state index in [4.69, 9.17) is 4.74 Å².